The number of carbonyl (C=O) groups excluding carboxylic acids is 1. The van der Waals surface area contributed by atoms with Gasteiger partial charge in [-0.3, -0.25) is 23.1 Å². The molecule has 0 N–H and O–H groups in total. The van der Waals surface area contributed by atoms with Crippen LogP contribution in [0.25, 0.3) is 22.6 Å². The van der Waals surface area contributed by atoms with Crippen molar-refractivity contribution in [3.05, 3.63) is 61.0 Å². The van der Waals surface area contributed by atoms with Crippen molar-refractivity contribution in [3.8, 4) is 5.69 Å². The van der Waals surface area contributed by atoms with Gasteiger partial charge in [-0.15, -0.1) is 0 Å². The van der Waals surface area contributed by atoms with Crippen LogP contribution in [0, 0.1) is 20.8 Å². The van der Waals surface area contributed by atoms with Gasteiger partial charge in [0.1, 0.15) is 0 Å². The van der Waals surface area contributed by atoms with Crippen LogP contribution in [0.1, 0.15) is 36.8 Å². The van der Waals surface area contributed by atoms with Crippen LogP contribution in [0.4, 0.5) is 0 Å². The maximum Gasteiger partial charge on any atom is 0.333 e. The van der Waals surface area contributed by atoms with E-state index < -0.39 is 17.3 Å². The van der Waals surface area contributed by atoms with Crippen LogP contribution < -0.4 is 11.2 Å². The number of carbonyl (C=O) groups is 1. The first-order valence-electron chi connectivity index (χ1n) is 9.54. The lowest BCUT2D eigenvalue weighted by Crippen LogP contribution is -2.42. The standard InChI is InChI=1S/C21H22ClN5O3/c1-10-7-8-15(9-16(10)22)25-11(2)12(3)26-17-18(23-20(25)26)24(6)21(30)27(19(17)29)13(4)14(5)28/h7-9,13H,1-6H3/t13-/m1/s1. The quantitative estimate of drug-likeness (QED) is 0.503. The monoisotopic (exact) mass is 427 g/mol. The maximum absolute atomic E-state index is 13.3. The van der Waals surface area contributed by atoms with Crippen molar-refractivity contribution >= 4 is 34.3 Å². The molecule has 0 saturated carbocycles. The number of nitrogens with zero attached hydrogens (tertiary/aromatic N) is 5. The van der Waals surface area contributed by atoms with Gasteiger partial charge in [-0.25, -0.2) is 9.36 Å². The zero-order chi connectivity index (χ0) is 22.1. The Balaban J connectivity index is 2.19. The number of aryl methyl sites for hydroxylation is 3. The Labute approximate surface area is 176 Å². The molecule has 3 aromatic heterocycles. The van der Waals surface area contributed by atoms with Gasteiger partial charge in [0.2, 0.25) is 5.78 Å². The fourth-order valence-corrected chi connectivity index (χ4v) is 3.95. The second-order valence-corrected chi connectivity index (χ2v) is 8.07. The minimum Gasteiger partial charge on any atom is -0.298 e. The molecule has 0 unspecified atom stereocenters. The van der Waals surface area contributed by atoms with Crippen LogP contribution in [0.3, 0.4) is 0 Å². The molecule has 0 radical (unpaired) electrons. The van der Waals surface area contributed by atoms with Crippen molar-refractivity contribution in [2.75, 3.05) is 0 Å². The number of Topliss-reactive ketones (excluding diaryl/α,β-unsaturated/α-hetero) is 1. The van der Waals surface area contributed by atoms with E-state index in [0.717, 1.165) is 27.2 Å². The van der Waals surface area contributed by atoms with Gasteiger partial charge in [0.05, 0.1) is 11.7 Å². The van der Waals surface area contributed by atoms with E-state index in [0.29, 0.717) is 10.8 Å². The Morgan fingerprint density at radius 1 is 1.13 bits per heavy atom. The van der Waals surface area contributed by atoms with Crippen LogP contribution in [0.5, 0.6) is 0 Å². The predicted molar refractivity (Wildman–Crippen MR) is 116 cm³/mol. The average molecular weight is 428 g/mol. The number of aromatic nitrogens is 5. The fourth-order valence-electron chi connectivity index (χ4n) is 3.77. The number of ketones is 1. The van der Waals surface area contributed by atoms with Gasteiger partial charge < -0.3 is 0 Å². The van der Waals surface area contributed by atoms with E-state index in [1.165, 1.54) is 11.5 Å². The molecule has 4 aromatic rings. The first kappa shape index (κ1) is 20.2. The van der Waals surface area contributed by atoms with Crippen molar-refractivity contribution in [1.82, 2.24) is 23.1 Å². The molecule has 0 spiro atoms. The molecular weight excluding hydrogens is 406 g/mol. The molecule has 156 valence electrons. The summed E-state index contributed by atoms with van der Waals surface area (Å²) in [5.41, 5.74) is 2.87. The summed E-state index contributed by atoms with van der Waals surface area (Å²) in [7, 11) is 1.55. The molecule has 0 aliphatic carbocycles. The average Bonchev–Trinajstić information content (AvgIpc) is 3.18. The van der Waals surface area contributed by atoms with E-state index in [1.807, 2.05) is 43.5 Å². The van der Waals surface area contributed by atoms with Gasteiger partial charge in [0.25, 0.3) is 5.56 Å². The largest absolute Gasteiger partial charge is 0.333 e. The van der Waals surface area contributed by atoms with Crippen LogP contribution >= 0.6 is 11.6 Å². The van der Waals surface area contributed by atoms with Crippen molar-refractivity contribution in [3.63, 3.8) is 0 Å². The summed E-state index contributed by atoms with van der Waals surface area (Å²) in [6.07, 6.45) is 0. The van der Waals surface area contributed by atoms with E-state index in [-0.39, 0.29) is 16.9 Å². The Kier molecular flexibility index (Phi) is 4.50. The summed E-state index contributed by atoms with van der Waals surface area (Å²) in [5.74, 6) is 0.231. The number of fused-ring (bicyclic) bond motifs is 3. The van der Waals surface area contributed by atoms with E-state index in [4.69, 9.17) is 11.6 Å². The third-order valence-corrected chi connectivity index (χ3v) is 6.26. The number of hydrogen-bond acceptors (Lipinski definition) is 4. The summed E-state index contributed by atoms with van der Waals surface area (Å²) in [5, 5.41) is 0.623. The van der Waals surface area contributed by atoms with Gasteiger partial charge in [-0.05, 0) is 52.3 Å². The summed E-state index contributed by atoms with van der Waals surface area (Å²) in [4.78, 5) is 42.7. The Morgan fingerprint density at radius 2 is 1.80 bits per heavy atom. The zero-order valence-electron chi connectivity index (χ0n) is 17.6. The van der Waals surface area contributed by atoms with Crippen molar-refractivity contribution in [1.29, 1.82) is 0 Å². The summed E-state index contributed by atoms with van der Waals surface area (Å²) in [6.45, 7) is 8.65. The second-order valence-electron chi connectivity index (χ2n) is 7.66. The van der Waals surface area contributed by atoms with Crippen molar-refractivity contribution < 1.29 is 4.79 Å². The number of halogens is 1. The molecule has 0 amide bonds. The number of hydrogen-bond donors (Lipinski definition) is 0. The van der Waals surface area contributed by atoms with Gasteiger partial charge in [0.15, 0.2) is 16.9 Å². The lowest BCUT2D eigenvalue weighted by Gasteiger charge is -2.12. The highest BCUT2D eigenvalue weighted by atomic mass is 35.5. The summed E-state index contributed by atoms with van der Waals surface area (Å²) < 4.78 is 5.95. The molecule has 9 heteroatoms. The highest BCUT2D eigenvalue weighted by molar-refractivity contribution is 6.31. The second kappa shape index (κ2) is 6.70. The van der Waals surface area contributed by atoms with Gasteiger partial charge in [-0.1, -0.05) is 17.7 Å². The third-order valence-electron chi connectivity index (χ3n) is 5.86. The molecule has 1 atom stereocenters. The minimum atomic E-state index is -0.870. The molecule has 30 heavy (non-hydrogen) atoms. The number of rotatable bonds is 3. The Bertz CT molecular complexity index is 1490. The van der Waals surface area contributed by atoms with E-state index >= 15 is 0 Å². The summed E-state index contributed by atoms with van der Waals surface area (Å²) >= 11 is 6.34. The molecular formula is C21H22ClN5O3. The molecule has 0 saturated heterocycles. The first-order chi connectivity index (χ1) is 14.1. The predicted octanol–water partition coefficient (Wildman–Crippen LogP) is 2.87. The third kappa shape index (κ3) is 2.60. The van der Waals surface area contributed by atoms with Crippen LogP contribution in [0.2, 0.25) is 5.02 Å². The highest BCUT2D eigenvalue weighted by Crippen LogP contribution is 2.27. The molecule has 0 aliphatic heterocycles. The van der Waals surface area contributed by atoms with Crippen LogP contribution in [-0.2, 0) is 11.8 Å². The maximum atomic E-state index is 13.3. The number of imidazole rings is 2. The molecule has 8 nitrogen and oxygen atoms in total. The van der Waals surface area contributed by atoms with Gasteiger partial charge in [-0.2, -0.15) is 4.98 Å². The number of benzene rings is 1. The van der Waals surface area contributed by atoms with E-state index in [9.17, 15) is 14.4 Å². The molecule has 3 heterocycles. The highest BCUT2D eigenvalue weighted by Gasteiger charge is 2.25. The van der Waals surface area contributed by atoms with Crippen molar-refractivity contribution in [2.24, 2.45) is 7.05 Å². The Morgan fingerprint density at radius 3 is 2.40 bits per heavy atom. The van der Waals surface area contributed by atoms with Gasteiger partial charge >= 0.3 is 5.69 Å². The molecule has 0 bridgehead atoms. The lowest BCUT2D eigenvalue weighted by atomic mass is 10.2. The molecule has 1 aromatic carbocycles. The smallest absolute Gasteiger partial charge is 0.298 e. The lowest BCUT2D eigenvalue weighted by molar-refractivity contribution is -0.119. The zero-order valence-corrected chi connectivity index (χ0v) is 18.4. The SMILES string of the molecule is CC(=O)[C@@H](C)n1c(=O)c2c(nc3n(-c4ccc(C)c(Cl)c4)c(C)c(C)n23)n(C)c1=O. The molecule has 0 aliphatic rings. The van der Waals surface area contributed by atoms with Crippen LogP contribution in [-0.4, -0.2) is 28.9 Å². The first-order valence-corrected chi connectivity index (χ1v) is 9.92. The van der Waals surface area contributed by atoms with Gasteiger partial charge in [0, 0.05) is 23.5 Å². The minimum absolute atomic E-state index is 0.262. The molecule has 4 rings (SSSR count). The van der Waals surface area contributed by atoms with Crippen molar-refractivity contribution in [2.45, 2.75) is 40.7 Å². The summed E-state index contributed by atoms with van der Waals surface area (Å²) in [6, 6.07) is 4.83. The van der Waals surface area contributed by atoms with E-state index in [1.54, 1.807) is 18.4 Å². The normalized spacial score (nSPS) is 12.8. The topological polar surface area (TPSA) is 83.3 Å². The van der Waals surface area contributed by atoms with E-state index in [2.05, 4.69) is 4.98 Å². The molecule has 0 fully saturated rings. The van der Waals surface area contributed by atoms with Crippen LogP contribution in [0.15, 0.2) is 27.8 Å². The Hall–Kier alpha value is -3.13. The fraction of sp³-hybridized carbons (Fsp3) is 0.333.